The zero-order valence-corrected chi connectivity index (χ0v) is 19.8. The minimum atomic E-state index is 0.267. The molecule has 0 aliphatic heterocycles. The lowest BCUT2D eigenvalue weighted by Crippen LogP contribution is -2.27. The molecule has 4 aromatic rings. The van der Waals surface area contributed by atoms with E-state index in [-0.39, 0.29) is 5.95 Å². The molecule has 0 saturated heterocycles. The number of nitrogens with two attached hydrogens (primary N) is 2. The number of pyridine rings is 1. The summed E-state index contributed by atoms with van der Waals surface area (Å²) in [5, 5.41) is 7.68. The highest BCUT2D eigenvalue weighted by atomic mass is 15.3. The maximum Gasteiger partial charge on any atom is 0.224 e. The second kappa shape index (κ2) is 9.26. The second-order valence-electron chi connectivity index (χ2n) is 9.82. The molecule has 0 spiro atoms. The van der Waals surface area contributed by atoms with Crippen LogP contribution in [0.1, 0.15) is 74.7 Å². The lowest BCUT2D eigenvalue weighted by molar-refractivity contribution is 0.367. The van der Waals surface area contributed by atoms with Gasteiger partial charge in [0.1, 0.15) is 5.82 Å². The van der Waals surface area contributed by atoms with Gasteiger partial charge in [-0.15, -0.1) is 0 Å². The first-order chi connectivity index (χ1) is 17.2. The van der Waals surface area contributed by atoms with Gasteiger partial charge in [0.25, 0.3) is 0 Å². The Morgan fingerprint density at radius 3 is 2.54 bits per heavy atom. The molecule has 182 valence electrons. The van der Waals surface area contributed by atoms with E-state index in [1.165, 1.54) is 12.8 Å². The number of nitrogens with zero attached hydrogens (tertiary/aromatic N) is 7. The van der Waals surface area contributed by atoms with Crippen LogP contribution in [0.25, 0.3) is 17.0 Å². The van der Waals surface area contributed by atoms with Gasteiger partial charge in [-0.05, 0) is 56.2 Å². The summed E-state index contributed by atoms with van der Waals surface area (Å²) in [6, 6.07) is 6.59. The Morgan fingerprint density at radius 2 is 1.83 bits per heavy atom. The minimum absolute atomic E-state index is 0.267. The van der Waals surface area contributed by atoms with Gasteiger partial charge in [0, 0.05) is 43.1 Å². The van der Waals surface area contributed by atoms with Crippen molar-refractivity contribution < 1.29 is 0 Å². The molecule has 2 aliphatic rings. The van der Waals surface area contributed by atoms with Crippen LogP contribution in [-0.4, -0.2) is 40.3 Å². The maximum atomic E-state index is 6.20. The summed E-state index contributed by atoms with van der Waals surface area (Å²) in [6.07, 6.45) is 14.5. The first-order valence-electron chi connectivity index (χ1n) is 12.7. The zero-order chi connectivity index (χ0) is 23.8. The molecule has 2 saturated carbocycles. The van der Waals surface area contributed by atoms with Crippen molar-refractivity contribution in [2.24, 2.45) is 5.73 Å². The number of fused-ring (bicyclic) bond motifs is 1. The fourth-order valence-electron chi connectivity index (χ4n) is 5.57. The SMILES string of the molecule is Nc1nc(NCc2ccc(-n3cccn3)nc2)c2nc(C3CCC(N)CC3)n(C3CCCC3)c2n1. The van der Waals surface area contributed by atoms with E-state index in [9.17, 15) is 0 Å². The van der Waals surface area contributed by atoms with Gasteiger partial charge in [-0.1, -0.05) is 18.9 Å². The van der Waals surface area contributed by atoms with Crippen LogP contribution in [0.4, 0.5) is 11.8 Å². The molecule has 6 rings (SSSR count). The monoisotopic (exact) mass is 472 g/mol. The van der Waals surface area contributed by atoms with Gasteiger partial charge < -0.3 is 21.4 Å². The highest BCUT2D eigenvalue weighted by Gasteiger charge is 2.31. The van der Waals surface area contributed by atoms with E-state index in [2.05, 4.69) is 29.9 Å². The molecule has 2 aliphatic carbocycles. The van der Waals surface area contributed by atoms with Gasteiger partial charge in [0.05, 0.1) is 0 Å². The highest BCUT2D eigenvalue weighted by Crippen LogP contribution is 2.40. The number of imidazole rings is 1. The van der Waals surface area contributed by atoms with Gasteiger partial charge in [-0.25, -0.2) is 14.6 Å². The average molecular weight is 473 g/mol. The molecular formula is C25H32N10. The quantitative estimate of drug-likeness (QED) is 0.386. The molecule has 0 atom stereocenters. The predicted molar refractivity (Wildman–Crippen MR) is 135 cm³/mol. The Kier molecular flexibility index (Phi) is 5.81. The van der Waals surface area contributed by atoms with Crippen molar-refractivity contribution in [3.63, 3.8) is 0 Å². The highest BCUT2D eigenvalue weighted by molar-refractivity contribution is 5.85. The van der Waals surface area contributed by atoms with Crippen molar-refractivity contribution in [3.8, 4) is 5.82 Å². The standard InChI is InChI=1S/C25H32N10/c26-18-9-7-17(8-10-18)23-31-21-22(32-25(27)33-24(21)35(23)19-4-1-2-5-19)29-15-16-6-11-20(28-14-16)34-13-3-12-30-34/h3,6,11-14,17-19H,1-2,4-5,7-10,15,26H2,(H3,27,29,32,33). The molecule has 10 heteroatoms. The molecule has 5 N–H and O–H groups in total. The molecule has 4 aromatic heterocycles. The predicted octanol–water partition coefficient (Wildman–Crippen LogP) is 3.70. The van der Waals surface area contributed by atoms with Crippen LogP contribution >= 0.6 is 0 Å². The summed E-state index contributed by atoms with van der Waals surface area (Å²) in [4.78, 5) is 18.9. The molecule has 0 amide bonds. The van der Waals surface area contributed by atoms with Crippen molar-refractivity contribution in [2.75, 3.05) is 11.1 Å². The lowest BCUT2D eigenvalue weighted by atomic mass is 9.86. The zero-order valence-electron chi connectivity index (χ0n) is 19.8. The number of hydrogen-bond donors (Lipinski definition) is 3. The van der Waals surface area contributed by atoms with Crippen molar-refractivity contribution in [3.05, 3.63) is 48.2 Å². The Morgan fingerprint density at radius 1 is 1.00 bits per heavy atom. The smallest absolute Gasteiger partial charge is 0.224 e. The van der Waals surface area contributed by atoms with Crippen LogP contribution in [0.2, 0.25) is 0 Å². The van der Waals surface area contributed by atoms with Crippen LogP contribution in [0, 0.1) is 0 Å². The third kappa shape index (κ3) is 4.34. The fourth-order valence-corrected chi connectivity index (χ4v) is 5.57. The normalized spacial score (nSPS) is 21.1. The van der Waals surface area contributed by atoms with Crippen molar-refractivity contribution >= 4 is 22.9 Å². The minimum Gasteiger partial charge on any atom is -0.368 e. The number of nitrogen functional groups attached to an aromatic ring is 1. The summed E-state index contributed by atoms with van der Waals surface area (Å²) in [5.41, 5.74) is 15.1. The van der Waals surface area contributed by atoms with Crippen LogP contribution in [0.3, 0.4) is 0 Å². The van der Waals surface area contributed by atoms with Gasteiger partial charge in [0.15, 0.2) is 22.8 Å². The number of rotatable bonds is 6. The number of nitrogens with one attached hydrogen (secondary N) is 1. The maximum absolute atomic E-state index is 6.20. The van der Waals surface area contributed by atoms with E-state index in [1.807, 2.05) is 30.6 Å². The summed E-state index contributed by atoms with van der Waals surface area (Å²) < 4.78 is 4.12. The topological polar surface area (TPSA) is 138 Å². The molecule has 0 aromatic carbocycles. The third-order valence-corrected chi connectivity index (χ3v) is 7.42. The number of aromatic nitrogens is 7. The van der Waals surface area contributed by atoms with Crippen molar-refractivity contribution in [1.82, 2.24) is 34.3 Å². The Hall–Kier alpha value is -3.53. The van der Waals surface area contributed by atoms with Crippen molar-refractivity contribution in [1.29, 1.82) is 0 Å². The van der Waals surface area contributed by atoms with Crippen LogP contribution < -0.4 is 16.8 Å². The molecular weight excluding hydrogens is 440 g/mol. The van der Waals surface area contributed by atoms with Crippen LogP contribution in [0.15, 0.2) is 36.8 Å². The Labute approximate surface area is 204 Å². The molecule has 2 fully saturated rings. The van der Waals surface area contributed by atoms with E-state index in [1.54, 1.807) is 10.9 Å². The number of anilines is 2. The summed E-state index contributed by atoms with van der Waals surface area (Å²) in [6.45, 7) is 0.557. The number of hydrogen-bond acceptors (Lipinski definition) is 8. The van der Waals surface area contributed by atoms with Crippen molar-refractivity contribution in [2.45, 2.75) is 75.9 Å². The van der Waals surface area contributed by atoms with E-state index in [0.29, 0.717) is 30.4 Å². The van der Waals surface area contributed by atoms with E-state index >= 15 is 0 Å². The molecule has 0 unspecified atom stereocenters. The largest absolute Gasteiger partial charge is 0.368 e. The summed E-state index contributed by atoms with van der Waals surface area (Å²) in [5.74, 6) is 3.25. The fraction of sp³-hybridized carbons (Fsp3) is 0.480. The van der Waals surface area contributed by atoms with E-state index in [0.717, 1.165) is 66.9 Å². The molecule has 0 radical (unpaired) electrons. The third-order valence-electron chi connectivity index (χ3n) is 7.42. The van der Waals surface area contributed by atoms with Gasteiger partial charge in [-0.3, -0.25) is 0 Å². The summed E-state index contributed by atoms with van der Waals surface area (Å²) in [7, 11) is 0. The van der Waals surface area contributed by atoms with Gasteiger partial charge in [-0.2, -0.15) is 15.1 Å². The molecule has 35 heavy (non-hydrogen) atoms. The Balaban J connectivity index is 1.32. The van der Waals surface area contributed by atoms with Gasteiger partial charge in [0.2, 0.25) is 5.95 Å². The molecule has 0 bridgehead atoms. The van der Waals surface area contributed by atoms with E-state index in [4.69, 9.17) is 16.5 Å². The summed E-state index contributed by atoms with van der Waals surface area (Å²) >= 11 is 0. The van der Waals surface area contributed by atoms with Gasteiger partial charge >= 0.3 is 0 Å². The average Bonchev–Trinajstić information content (AvgIpc) is 3.64. The molecule has 10 nitrogen and oxygen atoms in total. The second-order valence-corrected chi connectivity index (χ2v) is 9.82. The first-order valence-corrected chi connectivity index (χ1v) is 12.7. The van der Waals surface area contributed by atoms with E-state index < -0.39 is 0 Å². The Bertz CT molecular complexity index is 1280. The molecule has 4 heterocycles. The first kappa shape index (κ1) is 22.0. The van der Waals surface area contributed by atoms with Crippen LogP contribution in [-0.2, 0) is 6.54 Å². The lowest BCUT2D eigenvalue weighted by Gasteiger charge is -2.27. The van der Waals surface area contributed by atoms with Crippen LogP contribution in [0.5, 0.6) is 0 Å².